The summed E-state index contributed by atoms with van der Waals surface area (Å²) in [4.78, 5) is 2.01. The van der Waals surface area contributed by atoms with Gasteiger partial charge in [-0.25, -0.2) is 8.78 Å². The number of hydrogen-bond donors (Lipinski definition) is 0. The van der Waals surface area contributed by atoms with Crippen molar-refractivity contribution in [2.24, 2.45) is 0 Å². The molecule has 0 radical (unpaired) electrons. The third kappa shape index (κ3) is 4.20. The number of rotatable bonds is 7. The van der Waals surface area contributed by atoms with E-state index < -0.39 is 5.92 Å². The molecular formula is C14H27F2N. The standard InChI is InChI=1S/C14H27F2N/c1-4-6-7-8-9-13(3,5-2)17-11-10-14(15,16)12-17/h4-12H2,1-3H3. The first-order chi connectivity index (χ1) is 7.93. The lowest BCUT2D eigenvalue weighted by molar-refractivity contribution is -0.00493. The van der Waals surface area contributed by atoms with Crippen LogP contribution in [0.25, 0.3) is 0 Å². The summed E-state index contributed by atoms with van der Waals surface area (Å²) in [5, 5.41) is 0. The van der Waals surface area contributed by atoms with Gasteiger partial charge in [0.2, 0.25) is 0 Å². The Morgan fingerprint density at radius 3 is 2.35 bits per heavy atom. The van der Waals surface area contributed by atoms with E-state index in [0.29, 0.717) is 6.54 Å². The van der Waals surface area contributed by atoms with Gasteiger partial charge in [0, 0.05) is 18.5 Å². The highest BCUT2D eigenvalue weighted by molar-refractivity contribution is 4.93. The van der Waals surface area contributed by atoms with E-state index in [1.807, 2.05) is 4.90 Å². The zero-order chi connectivity index (χ0) is 12.9. The van der Waals surface area contributed by atoms with E-state index in [2.05, 4.69) is 20.8 Å². The SMILES string of the molecule is CCCCCCC(C)(CC)N1CCC(F)(F)C1. The molecule has 0 aliphatic carbocycles. The second-order valence-corrected chi connectivity index (χ2v) is 5.69. The topological polar surface area (TPSA) is 3.24 Å². The molecule has 1 heterocycles. The van der Waals surface area contributed by atoms with Crippen LogP contribution in [0, 0.1) is 0 Å². The van der Waals surface area contributed by atoms with Crippen molar-refractivity contribution in [1.82, 2.24) is 4.90 Å². The van der Waals surface area contributed by atoms with Crippen molar-refractivity contribution in [2.75, 3.05) is 13.1 Å². The molecule has 1 fully saturated rings. The van der Waals surface area contributed by atoms with E-state index >= 15 is 0 Å². The summed E-state index contributed by atoms with van der Waals surface area (Å²) in [7, 11) is 0. The van der Waals surface area contributed by atoms with E-state index in [-0.39, 0.29) is 18.5 Å². The number of alkyl halides is 2. The molecule has 0 aromatic heterocycles. The number of halogens is 2. The van der Waals surface area contributed by atoms with Crippen molar-refractivity contribution in [3.63, 3.8) is 0 Å². The number of hydrogen-bond acceptors (Lipinski definition) is 1. The average Bonchev–Trinajstić information content (AvgIpc) is 2.65. The zero-order valence-corrected chi connectivity index (χ0v) is 11.6. The monoisotopic (exact) mass is 247 g/mol. The molecule has 1 nitrogen and oxygen atoms in total. The van der Waals surface area contributed by atoms with Gasteiger partial charge in [-0.3, -0.25) is 4.90 Å². The van der Waals surface area contributed by atoms with Crippen LogP contribution in [-0.4, -0.2) is 29.5 Å². The van der Waals surface area contributed by atoms with E-state index in [0.717, 1.165) is 12.8 Å². The highest BCUT2D eigenvalue weighted by Gasteiger charge is 2.44. The van der Waals surface area contributed by atoms with Gasteiger partial charge in [0.05, 0.1) is 6.54 Å². The van der Waals surface area contributed by atoms with Gasteiger partial charge >= 0.3 is 0 Å². The van der Waals surface area contributed by atoms with Crippen LogP contribution in [0.1, 0.15) is 65.7 Å². The zero-order valence-electron chi connectivity index (χ0n) is 11.6. The van der Waals surface area contributed by atoms with Crippen molar-refractivity contribution in [1.29, 1.82) is 0 Å². The third-order valence-electron chi connectivity index (χ3n) is 4.26. The maximum absolute atomic E-state index is 13.3. The van der Waals surface area contributed by atoms with Crippen molar-refractivity contribution < 1.29 is 8.78 Å². The molecule has 3 heteroatoms. The Hall–Kier alpha value is -0.180. The molecule has 0 spiro atoms. The molecular weight excluding hydrogens is 220 g/mol. The maximum Gasteiger partial charge on any atom is 0.261 e. The fourth-order valence-electron chi connectivity index (χ4n) is 2.69. The molecule has 1 saturated heterocycles. The summed E-state index contributed by atoms with van der Waals surface area (Å²) in [6, 6.07) is 0. The molecule has 1 unspecified atom stereocenters. The smallest absolute Gasteiger partial charge is 0.261 e. The van der Waals surface area contributed by atoms with Gasteiger partial charge in [0.1, 0.15) is 0 Å². The highest BCUT2D eigenvalue weighted by Crippen LogP contribution is 2.35. The van der Waals surface area contributed by atoms with Crippen LogP contribution in [0.3, 0.4) is 0 Å². The van der Waals surface area contributed by atoms with E-state index in [4.69, 9.17) is 0 Å². The van der Waals surface area contributed by atoms with Crippen molar-refractivity contribution >= 4 is 0 Å². The van der Waals surface area contributed by atoms with Gasteiger partial charge in [-0.1, -0.05) is 39.5 Å². The van der Waals surface area contributed by atoms with Crippen LogP contribution in [0.2, 0.25) is 0 Å². The molecule has 1 aliphatic heterocycles. The second kappa shape index (κ2) is 6.12. The first kappa shape index (κ1) is 14.9. The molecule has 0 N–H and O–H groups in total. The first-order valence-corrected chi connectivity index (χ1v) is 7.06. The van der Waals surface area contributed by atoms with Crippen molar-refractivity contribution in [3.05, 3.63) is 0 Å². The Morgan fingerprint density at radius 1 is 1.18 bits per heavy atom. The fraction of sp³-hybridized carbons (Fsp3) is 1.00. The van der Waals surface area contributed by atoms with Crippen molar-refractivity contribution in [2.45, 2.75) is 77.2 Å². The minimum Gasteiger partial charge on any atom is -0.292 e. The van der Waals surface area contributed by atoms with Gasteiger partial charge in [-0.05, 0) is 19.8 Å². The molecule has 1 rings (SSSR count). The van der Waals surface area contributed by atoms with Crippen LogP contribution < -0.4 is 0 Å². The van der Waals surface area contributed by atoms with Crippen LogP contribution in [0.5, 0.6) is 0 Å². The molecule has 1 aliphatic rings. The lowest BCUT2D eigenvalue weighted by Gasteiger charge is -2.38. The fourth-order valence-corrected chi connectivity index (χ4v) is 2.69. The van der Waals surface area contributed by atoms with Crippen LogP contribution in [-0.2, 0) is 0 Å². The highest BCUT2D eigenvalue weighted by atomic mass is 19.3. The van der Waals surface area contributed by atoms with Gasteiger partial charge < -0.3 is 0 Å². The minimum atomic E-state index is -2.46. The van der Waals surface area contributed by atoms with Gasteiger partial charge in [0.15, 0.2) is 0 Å². The van der Waals surface area contributed by atoms with Crippen molar-refractivity contribution in [3.8, 4) is 0 Å². The maximum atomic E-state index is 13.3. The Bertz CT molecular complexity index is 230. The number of likely N-dealkylation sites (tertiary alicyclic amines) is 1. The second-order valence-electron chi connectivity index (χ2n) is 5.69. The largest absolute Gasteiger partial charge is 0.292 e. The molecule has 0 aromatic rings. The van der Waals surface area contributed by atoms with E-state index in [9.17, 15) is 8.78 Å². The van der Waals surface area contributed by atoms with Crippen LogP contribution in [0.15, 0.2) is 0 Å². The summed E-state index contributed by atoms with van der Waals surface area (Å²) in [5.74, 6) is -2.46. The molecule has 1 atom stereocenters. The normalized spacial score (nSPS) is 23.8. The number of unbranched alkanes of at least 4 members (excludes halogenated alkanes) is 3. The summed E-state index contributed by atoms with van der Waals surface area (Å²) < 4.78 is 26.5. The lowest BCUT2D eigenvalue weighted by atomic mass is 9.89. The predicted molar refractivity (Wildman–Crippen MR) is 68.6 cm³/mol. The third-order valence-corrected chi connectivity index (χ3v) is 4.26. The first-order valence-electron chi connectivity index (χ1n) is 7.06. The molecule has 0 bridgehead atoms. The van der Waals surface area contributed by atoms with E-state index in [1.165, 1.54) is 25.7 Å². The minimum absolute atomic E-state index is 0.0202. The summed E-state index contributed by atoms with van der Waals surface area (Å²) in [6.45, 7) is 6.99. The Morgan fingerprint density at radius 2 is 1.88 bits per heavy atom. The van der Waals surface area contributed by atoms with Gasteiger partial charge in [0.25, 0.3) is 5.92 Å². The summed E-state index contributed by atoms with van der Waals surface area (Å²) in [6.07, 6.45) is 6.95. The molecule has 102 valence electrons. The summed E-state index contributed by atoms with van der Waals surface area (Å²) in [5.41, 5.74) is -0.0202. The molecule has 0 aromatic carbocycles. The molecule has 0 saturated carbocycles. The molecule has 17 heavy (non-hydrogen) atoms. The van der Waals surface area contributed by atoms with E-state index in [1.54, 1.807) is 0 Å². The Labute approximate surface area is 105 Å². The van der Waals surface area contributed by atoms with Gasteiger partial charge in [-0.2, -0.15) is 0 Å². The van der Waals surface area contributed by atoms with Crippen LogP contribution >= 0.6 is 0 Å². The number of nitrogens with zero attached hydrogens (tertiary/aromatic N) is 1. The Kier molecular flexibility index (Phi) is 5.36. The Balaban J connectivity index is 2.45. The quantitative estimate of drug-likeness (QED) is 0.600. The summed E-state index contributed by atoms with van der Waals surface area (Å²) >= 11 is 0. The lowest BCUT2D eigenvalue weighted by Crippen LogP contribution is -2.45. The average molecular weight is 247 g/mol. The molecule has 0 amide bonds. The predicted octanol–water partition coefficient (Wildman–Crippen LogP) is 4.47. The van der Waals surface area contributed by atoms with Crippen LogP contribution in [0.4, 0.5) is 8.78 Å². The van der Waals surface area contributed by atoms with Gasteiger partial charge in [-0.15, -0.1) is 0 Å².